The van der Waals surface area contributed by atoms with E-state index in [9.17, 15) is 0 Å². The van der Waals surface area contributed by atoms with Crippen molar-refractivity contribution in [2.45, 2.75) is 32.0 Å². The average molecular weight is 227 g/mol. The Hall–Kier alpha value is -0.160. The Morgan fingerprint density at radius 2 is 1.94 bits per heavy atom. The fourth-order valence-electron chi connectivity index (χ4n) is 2.69. The summed E-state index contributed by atoms with van der Waals surface area (Å²) in [5, 5.41) is 3.39. The highest BCUT2D eigenvalue weighted by Gasteiger charge is 2.28. The third-order valence-corrected chi connectivity index (χ3v) is 3.90. The van der Waals surface area contributed by atoms with Crippen LogP contribution in [0.15, 0.2) is 0 Å². The smallest absolute Gasteiger partial charge is 0.0826 e. The van der Waals surface area contributed by atoms with Crippen molar-refractivity contribution in [3.8, 4) is 0 Å². The van der Waals surface area contributed by atoms with Gasteiger partial charge in [-0.25, -0.2) is 0 Å². The molecular weight excluding hydrogens is 202 g/mol. The van der Waals surface area contributed by atoms with Gasteiger partial charge in [-0.05, 0) is 20.9 Å². The van der Waals surface area contributed by atoms with Crippen LogP contribution in [0.25, 0.3) is 0 Å². The quantitative estimate of drug-likeness (QED) is 0.719. The average Bonchev–Trinajstić information content (AvgIpc) is 2.27. The van der Waals surface area contributed by atoms with Crippen molar-refractivity contribution in [1.29, 1.82) is 0 Å². The molecule has 2 rings (SSSR count). The predicted octanol–water partition coefficient (Wildman–Crippen LogP) is -0.000800. The van der Waals surface area contributed by atoms with Crippen molar-refractivity contribution in [2.75, 3.05) is 46.4 Å². The highest BCUT2D eigenvalue weighted by Crippen LogP contribution is 2.14. The number of likely N-dealkylation sites (N-methyl/N-ethyl adjacent to an activating group) is 1. The van der Waals surface area contributed by atoms with Gasteiger partial charge in [0.1, 0.15) is 0 Å². The molecule has 0 amide bonds. The number of ether oxygens (including phenoxy) is 1. The predicted molar refractivity (Wildman–Crippen MR) is 65.7 cm³/mol. The van der Waals surface area contributed by atoms with Gasteiger partial charge < -0.3 is 10.1 Å². The lowest BCUT2D eigenvalue weighted by atomic mass is 10.1. The van der Waals surface area contributed by atoms with E-state index in [1.807, 2.05) is 0 Å². The van der Waals surface area contributed by atoms with Gasteiger partial charge in [0, 0.05) is 44.8 Å². The largest absolute Gasteiger partial charge is 0.374 e. The summed E-state index contributed by atoms with van der Waals surface area (Å²) in [7, 11) is 2.23. The summed E-state index contributed by atoms with van der Waals surface area (Å²) in [6, 6.07) is 1.31. The van der Waals surface area contributed by atoms with Gasteiger partial charge in [-0.1, -0.05) is 0 Å². The van der Waals surface area contributed by atoms with Crippen molar-refractivity contribution in [3.05, 3.63) is 0 Å². The van der Waals surface area contributed by atoms with E-state index in [0.29, 0.717) is 18.2 Å². The van der Waals surface area contributed by atoms with Crippen molar-refractivity contribution < 1.29 is 4.74 Å². The molecule has 4 heteroatoms. The molecule has 0 aromatic heterocycles. The van der Waals surface area contributed by atoms with E-state index in [-0.39, 0.29) is 0 Å². The van der Waals surface area contributed by atoms with Crippen molar-refractivity contribution in [3.63, 3.8) is 0 Å². The second-order valence-electron chi connectivity index (χ2n) is 5.28. The Balaban J connectivity index is 1.81. The first kappa shape index (κ1) is 12.3. The molecule has 3 atom stereocenters. The highest BCUT2D eigenvalue weighted by atomic mass is 16.5. The third kappa shape index (κ3) is 2.94. The van der Waals surface area contributed by atoms with Crippen molar-refractivity contribution >= 4 is 0 Å². The minimum Gasteiger partial charge on any atom is -0.374 e. The zero-order valence-corrected chi connectivity index (χ0v) is 10.8. The molecule has 2 aliphatic rings. The number of piperazine rings is 1. The van der Waals surface area contributed by atoms with E-state index >= 15 is 0 Å². The van der Waals surface area contributed by atoms with Gasteiger partial charge >= 0.3 is 0 Å². The number of nitrogens with zero attached hydrogens (tertiary/aromatic N) is 2. The molecule has 3 unspecified atom stereocenters. The van der Waals surface area contributed by atoms with E-state index in [1.54, 1.807) is 0 Å². The maximum Gasteiger partial charge on any atom is 0.0826 e. The minimum atomic E-state index is 0.386. The molecule has 0 radical (unpaired) electrons. The maximum atomic E-state index is 5.76. The van der Waals surface area contributed by atoms with Gasteiger partial charge in [-0.3, -0.25) is 9.80 Å². The molecule has 4 nitrogen and oxygen atoms in total. The van der Waals surface area contributed by atoms with Crippen molar-refractivity contribution in [2.24, 2.45) is 0 Å². The third-order valence-electron chi connectivity index (χ3n) is 3.90. The SMILES string of the molecule is CC1CN(CC2CNCCO2)CC(C)N1C. The summed E-state index contributed by atoms with van der Waals surface area (Å²) < 4.78 is 5.76. The molecule has 0 aliphatic carbocycles. The molecular formula is C12H25N3O. The topological polar surface area (TPSA) is 27.7 Å². The fraction of sp³-hybridized carbons (Fsp3) is 1.00. The lowest BCUT2D eigenvalue weighted by molar-refractivity contribution is -0.0187. The molecule has 2 heterocycles. The summed E-state index contributed by atoms with van der Waals surface area (Å²) in [6.07, 6.45) is 0.386. The second kappa shape index (κ2) is 5.45. The Morgan fingerprint density at radius 1 is 1.25 bits per heavy atom. The van der Waals surface area contributed by atoms with Crippen LogP contribution >= 0.6 is 0 Å². The number of rotatable bonds is 2. The highest BCUT2D eigenvalue weighted by molar-refractivity contribution is 4.84. The van der Waals surface area contributed by atoms with Gasteiger partial charge in [-0.15, -0.1) is 0 Å². The first-order chi connectivity index (χ1) is 7.66. The monoisotopic (exact) mass is 227 g/mol. The molecule has 2 saturated heterocycles. The molecule has 1 N–H and O–H groups in total. The van der Waals surface area contributed by atoms with E-state index in [4.69, 9.17) is 4.74 Å². The summed E-state index contributed by atoms with van der Waals surface area (Å²) in [6.45, 7) is 10.9. The molecule has 0 bridgehead atoms. The number of nitrogens with one attached hydrogen (secondary N) is 1. The summed E-state index contributed by atoms with van der Waals surface area (Å²) in [4.78, 5) is 5.02. The molecule has 94 valence electrons. The van der Waals surface area contributed by atoms with E-state index < -0.39 is 0 Å². The zero-order chi connectivity index (χ0) is 11.5. The van der Waals surface area contributed by atoms with E-state index in [0.717, 1.165) is 26.2 Å². The summed E-state index contributed by atoms with van der Waals surface area (Å²) in [5.41, 5.74) is 0. The Morgan fingerprint density at radius 3 is 2.50 bits per heavy atom. The Kier molecular flexibility index (Phi) is 4.19. The standard InChI is InChI=1S/C12H25N3O/c1-10-7-15(8-11(2)14(10)3)9-12-6-13-4-5-16-12/h10-13H,4-9H2,1-3H3. The van der Waals surface area contributed by atoms with Gasteiger partial charge in [0.25, 0.3) is 0 Å². The number of hydrogen-bond donors (Lipinski definition) is 1. The Bertz CT molecular complexity index is 206. The van der Waals surface area contributed by atoms with Crippen LogP contribution in [-0.2, 0) is 4.74 Å². The first-order valence-corrected chi connectivity index (χ1v) is 6.43. The van der Waals surface area contributed by atoms with Crippen LogP contribution in [0.2, 0.25) is 0 Å². The van der Waals surface area contributed by atoms with E-state index in [1.165, 1.54) is 13.1 Å². The summed E-state index contributed by atoms with van der Waals surface area (Å²) in [5.74, 6) is 0. The van der Waals surface area contributed by atoms with Gasteiger partial charge in [0.05, 0.1) is 12.7 Å². The van der Waals surface area contributed by atoms with Crippen LogP contribution in [0.5, 0.6) is 0 Å². The van der Waals surface area contributed by atoms with E-state index in [2.05, 4.69) is 36.0 Å². The van der Waals surface area contributed by atoms with Crippen LogP contribution in [-0.4, -0.2) is 74.4 Å². The second-order valence-corrected chi connectivity index (χ2v) is 5.28. The molecule has 2 fully saturated rings. The maximum absolute atomic E-state index is 5.76. The van der Waals surface area contributed by atoms with Gasteiger partial charge in [0.2, 0.25) is 0 Å². The molecule has 0 aromatic carbocycles. The zero-order valence-electron chi connectivity index (χ0n) is 10.8. The molecule has 0 aromatic rings. The normalized spacial score (nSPS) is 38.8. The van der Waals surface area contributed by atoms with Crippen LogP contribution in [0.4, 0.5) is 0 Å². The fourth-order valence-corrected chi connectivity index (χ4v) is 2.69. The molecule has 2 aliphatic heterocycles. The van der Waals surface area contributed by atoms with Crippen LogP contribution in [0.3, 0.4) is 0 Å². The Labute approximate surface area is 98.9 Å². The molecule has 16 heavy (non-hydrogen) atoms. The first-order valence-electron chi connectivity index (χ1n) is 6.43. The molecule has 0 spiro atoms. The van der Waals surface area contributed by atoms with Crippen LogP contribution in [0, 0.1) is 0 Å². The lowest BCUT2D eigenvalue weighted by Crippen LogP contribution is -2.57. The van der Waals surface area contributed by atoms with Crippen molar-refractivity contribution in [1.82, 2.24) is 15.1 Å². The summed E-state index contributed by atoms with van der Waals surface area (Å²) >= 11 is 0. The van der Waals surface area contributed by atoms with Crippen LogP contribution < -0.4 is 5.32 Å². The number of hydrogen-bond acceptors (Lipinski definition) is 4. The van der Waals surface area contributed by atoms with Gasteiger partial charge in [0.15, 0.2) is 0 Å². The molecule has 0 saturated carbocycles. The van der Waals surface area contributed by atoms with Crippen LogP contribution in [0.1, 0.15) is 13.8 Å². The number of morpholine rings is 1. The van der Waals surface area contributed by atoms with Gasteiger partial charge in [-0.2, -0.15) is 0 Å². The lowest BCUT2D eigenvalue weighted by Gasteiger charge is -2.43. The minimum absolute atomic E-state index is 0.386.